The quantitative estimate of drug-likeness (QED) is 0.391. The Bertz CT molecular complexity index is 1270. The molecule has 0 radical (unpaired) electrons. The highest BCUT2D eigenvalue weighted by Crippen LogP contribution is 2.29. The lowest BCUT2D eigenvalue weighted by Gasteiger charge is -2.11. The molecule has 1 amide bonds. The van der Waals surface area contributed by atoms with Gasteiger partial charge in [-0.05, 0) is 55.8 Å². The van der Waals surface area contributed by atoms with Gasteiger partial charge in [-0.15, -0.1) is 10.2 Å². The van der Waals surface area contributed by atoms with Gasteiger partial charge in [0.1, 0.15) is 11.6 Å². The van der Waals surface area contributed by atoms with E-state index in [1.165, 1.54) is 12.1 Å². The molecule has 1 aromatic heterocycles. The number of carbonyl (C=O) groups is 1. The fourth-order valence-electron chi connectivity index (χ4n) is 3.10. The molecule has 1 N–H and O–H groups in total. The van der Waals surface area contributed by atoms with Crippen LogP contribution in [-0.4, -0.2) is 26.4 Å². The minimum absolute atomic E-state index is 0.0246. The number of hydrogen-bond acceptors (Lipinski definition) is 4. The van der Waals surface area contributed by atoms with Crippen LogP contribution in [0.3, 0.4) is 0 Å². The van der Waals surface area contributed by atoms with Gasteiger partial charge in [-0.25, -0.2) is 8.78 Å². The first-order chi connectivity index (χ1) is 15.4. The molecule has 0 unspecified atom stereocenters. The molecule has 4 aromatic rings. The molecule has 0 bridgehead atoms. The topological polar surface area (TPSA) is 59.8 Å². The zero-order chi connectivity index (χ0) is 22.7. The van der Waals surface area contributed by atoms with Gasteiger partial charge in [-0.2, -0.15) is 0 Å². The van der Waals surface area contributed by atoms with Crippen LogP contribution in [0.15, 0.2) is 71.9 Å². The molecule has 32 heavy (non-hydrogen) atoms. The van der Waals surface area contributed by atoms with Crippen LogP contribution in [0.5, 0.6) is 0 Å². The maximum Gasteiger partial charge on any atom is 0.234 e. The number of hydrogen-bond donors (Lipinski definition) is 1. The highest BCUT2D eigenvalue weighted by atomic mass is 32.2. The lowest BCUT2D eigenvalue weighted by atomic mass is 10.2. The number of thioether (sulfide) groups is 1. The molecular weight excluding hydrogens is 430 g/mol. The lowest BCUT2D eigenvalue weighted by molar-refractivity contribution is -0.113. The van der Waals surface area contributed by atoms with Crippen molar-refractivity contribution in [3.8, 4) is 17.1 Å². The molecule has 162 valence electrons. The van der Waals surface area contributed by atoms with Crippen molar-refractivity contribution in [2.24, 2.45) is 0 Å². The van der Waals surface area contributed by atoms with Crippen LogP contribution in [0, 0.1) is 25.5 Å². The third-order valence-corrected chi connectivity index (χ3v) is 5.76. The second-order valence-electron chi connectivity index (χ2n) is 7.26. The van der Waals surface area contributed by atoms with Crippen LogP contribution in [0.1, 0.15) is 11.1 Å². The highest BCUT2D eigenvalue weighted by Gasteiger charge is 2.19. The predicted molar refractivity (Wildman–Crippen MR) is 122 cm³/mol. The van der Waals surface area contributed by atoms with E-state index in [1.807, 2.05) is 31.2 Å². The summed E-state index contributed by atoms with van der Waals surface area (Å²) in [6, 6.07) is 18.5. The molecule has 0 aliphatic carbocycles. The van der Waals surface area contributed by atoms with Crippen molar-refractivity contribution in [3.05, 3.63) is 89.5 Å². The van der Waals surface area contributed by atoms with E-state index in [2.05, 4.69) is 15.5 Å². The Balaban J connectivity index is 1.61. The molecule has 0 spiro atoms. The Morgan fingerprint density at radius 1 is 0.969 bits per heavy atom. The Labute approximate surface area is 188 Å². The number of benzene rings is 3. The van der Waals surface area contributed by atoms with Gasteiger partial charge in [0.2, 0.25) is 5.91 Å². The fourth-order valence-corrected chi connectivity index (χ4v) is 3.86. The summed E-state index contributed by atoms with van der Waals surface area (Å²) in [6.07, 6.45) is 0. The molecule has 5 nitrogen and oxygen atoms in total. The summed E-state index contributed by atoms with van der Waals surface area (Å²) in [5, 5.41) is 11.5. The third kappa shape index (κ3) is 4.70. The van der Waals surface area contributed by atoms with Gasteiger partial charge >= 0.3 is 0 Å². The largest absolute Gasteiger partial charge is 0.325 e. The number of nitrogens with one attached hydrogen (secondary N) is 1. The summed E-state index contributed by atoms with van der Waals surface area (Å²) in [4.78, 5) is 12.4. The summed E-state index contributed by atoms with van der Waals surface area (Å²) >= 11 is 1.16. The van der Waals surface area contributed by atoms with Gasteiger partial charge < -0.3 is 5.32 Å². The van der Waals surface area contributed by atoms with Crippen LogP contribution in [0.25, 0.3) is 17.1 Å². The number of carbonyl (C=O) groups excluding carboxylic acids is 1. The van der Waals surface area contributed by atoms with Crippen molar-refractivity contribution < 1.29 is 13.6 Å². The van der Waals surface area contributed by atoms with Crippen molar-refractivity contribution in [3.63, 3.8) is 0 Å². The summed E-state index contributed by atoms with van der Waals surface area (Å²) in [5.41, 5.74) is 3.03. The van der Waals surface area contributed by atoms with E-state index in [-0.39, 0.29) is 17.5 Å². The maximum absolute atomic E-state index is 14.5. The molecule has 0 saturated heterocycles. The highest BCUT2D eigenvalue weighted by molar-refractivity contribution is 7.99. The number of aryl methyl sites for hydroxylation is 2. The van der Waals surface area contributed by atoms with Crippen LogP contribution in [-0.2, 0) is 4.79 Å². The number of anilines is 1. The standard InChI is InChI=1S/C24H20F2N4OS/c1-15-7-11-18(12-8-15)30-23(19-5-3-4-6-20(19)25)28-29-24(30)32-14-22(31)27-17-10-9-16(2)21(26)13-17/h3-13H,14H2,1-2H3,(H,27,31). The van der Waals surface area contributed by atoms with Gasteiger partial charge in [0.05, 0.1) is 11.3 Å². The molecule has 0 fully saturated rings. The first kappa shape index (κ1) is 21.7. The van der Waals surface area contributed by atoms with Crippen molar-refractivity contribution in [2.75, 3.05) is 11.1 Å². The summed E-state index contributed by atoms with van der Waals surface area (Å²) < 4.78 is 29.9. The number of amides is 1. The summed E-state index contributed by atoms with van der Waals surface area (Å²) in [7, 11) is 0. The maximum atomic E-state index is 14.5. The molecule has 0 saturated carbocycles. The lowest BCUT2D eigenvalue weighted by Crippen LogP contribution is -2.14. The molecular formula is C24H20F2N4OS. The van der Waals surface area contributed by atoms with Gasteiger partial charge in [0.15, 0.2) is 11.0 Å². The van der Waals surface area contributed by atoms with E-state index in [0.717, 1.165) is 23.0 Å². The van der Waals surface area contributed by atoms with Gasteiger partial charge in [0.25, 0.3) is 0 Å². The Hall–Kier alpha value is -3.52. The fraction of sp³-hybridized carbons (Fsp3) is 0.125. The van der Waals surface area contributed by atoms with E-state index < -0.39 is 5.82 Å². The van der Waals surface area contributed by atoms with Crippen molar-refractivity contribution >= 4 is 23.4 Å². The zero-order valence-electron chi connectivity index (χ0n) is 17.5. The molecule has 1 heterocycles. The number of aromatic nitrogens is 3. The predicted octanol–water partition coefficient (Wildman–Crippen LogP) is 5.56. The molecule has 4 rings (SSSR count). The van der Waals surface area contributed by atoms with E-state index in [9.17, 15) is 13.6 Å². The molecule has 8 heteroatoms. The number of halogens is 2. The molecule has 0 aliphatic heterocycles. The van der Waals surface area contributed by atoms with Crippen molar-refractivity contribution in [2.45, 2.75) is 19.0 Å². The second-order valence-corrected chi connectivity index (χ2v) is 8.20. The minimum atomic E-state index is -0.413. The average Bonchev–Trinajstić information content (AvgIpc) is 3.19. The molecule has 0 aliphatic rings. The Morgan fingerprint density at radius 3 is 2.44 bits per heavy atom. The van der Waals surface area contributed by atoms with Crippen LogP contribution in [0.4, 0.5) is 14.5 Å². The number of rotatable bonds is 6. The van der Waals surface area contributed by atoms with Gasteiger partial charge in [-0.1, -0.05) is 47.7 Å². The first-order valence-electron chi connectivity index (χ1n) is 9.88. The third-order valence-electron chi connectivity index (χ3n) is 4.83. The van der Waals surface area contributed by atoms with E-state index in [0.29, 0.717) is 27.8 Å². The van der Waals surface area contributed by atoms with Crippen molar-refractivity contribution in [1.29, 1.82) is 0 Å². The van der Waals surface area contributed by atoms with Crippen molar-refractivity contribution in [1.82, 2.24) is 14.8 Å². The normalized spacial score (nSPS) is 10.9. The van der Waals surface area contributed by atoms with Gasteiger partial charge in [0, 0.05) is 11.4 Å². The smallest absolute Gasteiger partial charge is 0.234 e. The van der Waals surface area contributed by atoms with E-state index >= 15 is 0 Å². The molecule has 3 aromatic carbocycles. The summed E-state index contributed by atoms with van der Waals surface area (Å²) in [5.74, 6) is -0.746. The minimum Gasteiger partial charge on any atom is -0.325 e. The number of nitrogens with zero attached hydrogens (tertiary/aromatic N) is 3. The monoisotopic (exact) mass is 450 g/mol. The van der Waals surface area contributed by atoms with E-state index in [1.54, 1.807) is 41.8 Å². The van der Waals surface area contributed by atoms with Gasteiger partial charge in [-0.3, -0.25) is 9.36 Å². The van der Waals surface area contributed by atoms with Crippen LogP contribution < -0.4 is 5.32 Å². The Morgan fingerprint density at radius 2 is 1.72 bits per heavy atom. The first-order valence-corrected chi connectivity index (χ1v) is 10.9. The SMILES string of the molecule is Cc1ccc(-n2c(SCC(=O)Nc3ccc(C)c(F)c3)nnc2-c2ccccc2F)cc1. The summed E-state index contributed by atoms with van der Waals surface area (Å²) in [6.45, 7) is 3.63. The Kier molecular flexibility index (Phi) is 6.32. The van der Waals surface area contributed by atoms with E-state index in [4.69, 9.17) is 0 Å². The van der Waals surface area contributed by atoms with Crippen LogP contribution >= 0.6 is 11.8 Å². The zero-order valence-corrected chi connectivity index (χ0v) is 18.3. The second kappa shape index (κ2) is 9.32. The van der Waals surface area contributed by atoms with Crippen LogP contribution in [0.2, 0.25) is 0 Å². The molecule has 0 atom stereocenters. The average molecular weight is 451 g/mol.